The lowest BCUT2D eigenvalue weighted by atomic mass is 10.2. The Bertz CT molecular complexity index is 650. The summed E-state index contributed by atoms with van der Waals surface area (Å²) in [7, 11) is 0. The third-order valence-corrected chi connectivity index (χ3v) is 2.08. The molecule has 0 atom stereocenters. The molecule has 0 unspecified atom stereocenters. The highest BCUT2D eigenvalue weighted by molar-refractivity contribution is 5.80. The number of nitrogens with zero attached hydrogens (tertiary/aromatic N) is 2. The number of hydrogen-bond acceptors (Lipinski definition) is 4. The minimum Gasteiger partial charge on any atom is -0.310 e. The molecule has 6 nitrogen and oxygen atoms in total. The maximum absolute atomic E-state index is 13.4. The first kappa shape index (κ1) is 10.2. The molecule has 0 aliphatic rings. The molecule has 16 heavy (non-hydrogen) atoms. The molecule has 2 aromatic rings. The monoisotopic (exact) mass is 223 g/mol. The van der Waals surface area contributed by atoms with Gasteiger partial charge >= 0.3 is 0 Å². The Kier molecular flexibility index (Phi) is 2.15. The molecule has 0 radical (unpaired) electrons. The van der Waals surface area contributed by atoms with Crippen LogP contribution in [0.4, 0.5) is 10.1 Å². The maximum Gasteiger partial charge on any atom is 0.273 e. The quantitative estimate of drug-likeness (QED) is 0.582. The summed E-state index contributed by atoms with van der Waals surface area (Å²) in [5.41, 5.74) is -1.22. The molecule has 0 fully saturated rings. The molecule has 1 heterocycles. The van der Waals surface area contributed by atoms with Gasteiger partial charge in [0, 0.05) is 6.07 Å². The van der Waals surface area contributed by atoms with Crippen LogP contribution < -0.4 is 5.56 Å². The van der Waals surface area contributed by atoms with Crippen molar-refractivity contribution in [2.45, 2.75) is 6.92 Å². The summed E-state index contributed by atoms with van der Waals surface area (Å²) in [5.74, 6) is -0.622. The molecule has 0 saturated heterocycles. The molecule has 1 aromatic heterocycles. The highest BCUT2D eigenvalue weighted by Crippen LogP contribution is 2.20. The van der Waals surface area contributed by atoms with Gasteiger partial charge in [0.1, 0.15) is 11.3 Å². The van der Waals surface area contributed by atoms with Crippen LogP contribution in [0.25, 0.3) is 10.9 Å². The standard InChI is InChI=1S/C9H6FN3O3/c1-4-11-8-6(9(14)12-4)2-5(13(15)16)3-7(8)10/h2-3H,1H3,(H,11,12,14). The number of benzene rings is 1. The number of H-pyrrole nitrogens is 1. The number of non-ortho nitro benzene ring substituents is 1. The lowest BCUT2D eigenvalue weighted by molar-refractivity contribution is -0.384. The van der Waals surface area contributed by atoms with Gasteiger partial charge in [0.2, 0.25) is 0 Å². The van der Waals surface area contributed by atoms with Gasteiger partial charge in [0.25, 0.3) is 11.2 Å². The van der Waals surface area contributed by atoms with Crippen molar-refractivity contribution in [3.63, 3.8) is 0 Å². The van der Waals surface area contributed by atoms with E-state index in [1.807, 2.05) is 0 Å². The summed E-state index contributed by atoms with van der Waals surface area (Å²) in [6.07, 6.45) is 0. The minimum atomic E-state index is -0.876. The van der Waals surface area contributed by atoms with Crippen molar-refractivity contribution in [1.29, 1.82) is 0 Å². The van der Waals surface area contributed by atoms with Crippen LogP contribution in [0.3, 0.4) is 0 Å². The molecule has 1 aromatic carbocycles. The van der Waals surface area contributed by atoms with Gasteiger partial charge in [0.05, 0.1) is 16.4 Å². The molecule has 0 aliphatic heterocycles. The molecular weight excluding hydrogens is 217 g/mol. The summed E-state index contributed by atoms with van der Waals surface area (Å²) in [6.45, 7) is 1.50. The fraction of sp³-hybridized carbons (Fsp3) is 0.111. The van der Waals surface area contributed by atoms with Crippen LogP contribution in [-0.2, 0) is 0 Å². The van der Waals surface area contributed by atoms with Crippen molar-refractivity contribution in [3.05, 3.63) is 44.2 Å². The first-order chi connectivity index (χ1) is 7.49. The van der Waals surface area contributed by atoms with Crippen LogP contribution in [0.2, 0.25) is 0 Å². The van der Waals surface area contributed by atoms with Gasteiger partial charge in [-0.05, 0) is 6.92 Å². The number of rotatable bonds is 1. The number of nitro benzene ring substituents is 1. The molecule has 0 saturated carbocycles. The molecule has 0 aliphatic carbocycles. The van der Waals surface area contributed by atoms with E-state index in [0.717, 1.165) is 12.1 Å². The smallest absolute Gasteiger partial charge is 0.273 e. The fourth-order valence-electron chi connectivity index (χ4n) is 1.40. The number of nitro groups is 1. The van der Waals surface area contributed by atoms with Gasteiger partial charge in [0.15, 0.2) is 5.82 Å². The van der Waals surface area contributed by atoms with Gasteiger partial charge in [-0.2, -0.15) is 0 Å². The molecule has 0 spiro atoms. The topological polar surface area (TPSA) is 88.9 Å². The molecular formula is C9H6FN3O3. The van der Waals surface area contributed by atoms with Gasteiger partial charge in [-0.15, -0.1) is 0 Å². The lowest BCUT2D eigenvalue weighted by Crippen LogP contribution is -2.11. The second-order valence-corrected chi connectivity index (χ2v) is 3.23. The maximum atomic E-state index is 13.4. The van der Waals surface area contributed by atoms with Crippen molar-refractivity contribution >= 4 is 16.6 Å². The van der Waals surface area contributed by atoms with E-state index >= 15 is 0 Å². The third-order valence-electron chi connectivity index (χ3n) is 2.08. The zero-order chi connectivity index (χ0) is 11.9. The minimum absolute atomic E-state index is 0.127. The van der Waals surface area contributed by atoms with Crippen molar-refractivity contribution in [2.75, 3.05) is 0 Å². The number of aromatic amines is 1. The van der Waals surface area contributed by atoms with Crippen LogP contribution >= 0.6 is 0 Å². The first-order valence-corrected chi connectivity index (χ1v) is 4.33. The largest absolute Gasteiger partial charge is 0.310 e. The number of nitrogens with one attached hydrogen (secondary N) is 1. The number of halogens is 1. The van der Waals surface area contributed by atoms with E-state index in [9.17, 15) is 19.3 Å². The van der Waals surface area contributed by atoms with Crippen molar-refractivity contribution < 1.29 is 9.31 Å². The second kappa shape index (κ2) is 3.37. The molecule has 0 bridgehead atoms. The lowest BCUT2D eigenvalue weighted by Gasteiger charge is -1.99. The SMILES string of the molecule is Cc1nc2c(F)cc([N+](=O)[O-])cc2c(=O)[nH]1. The third kappa shape index (κ3) is 1.52. The normalized spacial score (nSPS) is 10.6. The molecule has 0 amide bonds. The van der Waals surface area contributed by atoms with Gasteiger partial charge in [-0.3, -0.25) is 14.9 Å². The van der Waals surface area contributed by atoms with E-state index in [4.69, 9.17) is 0 Å². The summed E-state index contributed by atoms with van der Waals surface area (Å²) < 4.78 is 13.4. The van der Waals surface area contributed by atoms with Crippen LogP contribution in [0.15, 0.2) is 16.9 Å². The zero-order valence-corrected chi connectivity index (χ0v) is 8.15. The molecule has 2 rings (SSSR count). The van der Waals surface area contributed by atoms with Gasteiger partial charge in [-0.25, -0.2) is 9.37 Å². The van der Waals surface area contributed by atoms with E-state index in [2.05, 4.69) is 9.97 Å². The Balaban J connectivity index is 2.93. The predicted octanol–water partition coefficient (Wildman–Crippen LogP) is 1.28. The second-order valence-electron chi connectivity index (χ2n) is 3.23. The highest BCUT2D eigenvalue weighted by Gasteiger charge is 2.14. The molecule has 82 valence electrons. The number of hydrogen-bond donors (Lipinski definition) is 1. The van der Waals surface area contributed by atoms with Gasteiger partial charge < -0.3 is 4.98 Å². The average Bonchev–Trinajstić information content (AvgIpc) is 2.19. The van der Waals surface area contributed by atoms with Crippen LogP contribution in [-0.4, -0.2) is 14.9 Å². The van der Waals surface area contributed by atoms with Crippen molar-refractivity contribution in [3.8, 4) is 0 Å². The van der Waals surface area contributed by atoms with E-state index in [1.165, 1.54) is 6.92 Å². The summed E-state index contributed by atoms with van der Waals surface area (Å²) in [4.78, 5) is 27.3. The van der Waals surface area contributed by atoms with E-state index in [-0.39, 0.29) is 16.7 Å². The number of aromatic nitrogens is 2. The first-order valence-electron chi connectivity index (χ1n) is 4.33. The Morgan fingerprint density at radius 2 is 2.19 bits per heavy atom. The summed E-state index contributed by atoms with van der Waals surface area (Å²) in [6, 6.07) is 1.75. The predicted molar refractivity (Wildman–Crippen MR) is 53.7 cm³/mol. The zero-order valence-electron chi connectivity index (χ0n) is 8.15. The van der Waals surface area contributed by atoms with E-state index < -0.39 is 22.0 Å². The van der Waals surface area contributed by atoms with Crippen LogP contribution in [0.1, 0.15) is 5.82 Å². The summed E-state index contributed by atoms with van der Waals surface area (Å²) in [5, 5.41) is 10.4. The molecule has 1 N–H and O–H groups in total. The van der Waals surface area contributed by atoms with Gasteiger partial charge in [-0.1, -0.05) is 0 Å². The fourth-order valence-corrected chi connectivity index (χ4v) is 1.40. The van der Waals surface area contributed by atoms with Crippen molar-refractivity contribution in [1.82, 2.24) is 9.97 Å². The van der Waals surface area contributed by atoms with E-state index in [0.29, 0.717) is 0 Å². The van der Waals surface area contributed by atoms with E-state index in [1.54, 1.807) is 0 Å². The molecule has 7 heteroatoms. The van der Waals surface area contributed by atoms with Crippen molar-refractivity contribution in [2.24, 2.45) is 0 Å². The Hall–Kier alpha value is -2.31. The van der Waals surface area contributed by atoms with Crippen LogP contribution in [0, 0.1) is 22.9 Å². The Morgan fingerprint density at radius 3 is 2.81 bits per heavy atom. The average molecular weight is 223 g/mol. The number of aryl methyl sites for hydroxylation is 1. The Labute approximate surface area is 87.9 Å². The summed E-state index contributed by atoms with van der Waals surface area (Å²) >= 11 is 0. The van der Waals surface area contributed by atoms with Crippen LogP contribution in [0.5, 0.6) is 0 Å². The number of fused-ring (bicyclic) bond motifs is 1. The Morgan fingerprint density at radius 1 is 1.50 bits per heavy atom. The highest BCUT2D eigenvalue weighted by atomic mass is 19.1.